The van der Waals surface area contributed by atoms with Crippen molar-refractivity contribution in [3.8, 4) is 0 Å². The Morgan fingerprint density at radius 3 is 2.50 bits per heavy atom. The van der Waals surface area contributed by atoms with Gasteiger partial charge in [0.25, 0.3) is 0 Å². The zero-order chi connectivity index (χ0) is 9.12. The molecule has 0 aliphatic heterocycles. The summed E-state index contributed by atoms with van der Waals surface area (Å²) in [6.07, 6.45) is 15.7. The molecule has 4 rings (SSSR count). The van der Waals surface area contributed by atoms with Crippen molar-refractivity contribution in [1.82, 2.24) is 0 Å². The van der Waals surface area contributed by atoms with E-state index in [0.29, 0.717) is 0 Å². The first-order valence-electron chi connectivity index (χ1n) is 6.30. The maximum Gasteiger partial charge on any atom is -0.0133 e. The third-order valence-electron chi connectivity index (χ3n) is 5.43. The van der Waals surface area contributed by atoms with Gasteiger partial charge in [0.2, 0.25) is 0 Å². The lowest BCUT2D eigenvalue weighted by Crippen LogP contribution is -2.40. The minimum Gasteiger partial charge on any atom is -0.0805 e. The highest BCUT2D eigenvalue weighted by Gasteiger charge is 2.58. The lowest BCUT2D eigenvalue weighted by atomic mass is 9.57. The third kappa shape index (κ3) is 0.769. The van der Waals surface area contributed by atoms with E-state index in [1.807, 2.05) is 0 Å². The second-order valence-electron chi connectivity index (χ2n) is 5.76. The summed E-state index contributed by atoms with van der Waals surface area (Å²) in [6, 6.07) is 0. The molecule has 0 heterocycles. The average Bonchev–Trinajstić information content (AvgIpc) is 2.49. The van der Waals surface area contributed by atoms with Gasteiger partial charge in [0, 0.05) is 0 Å². The van der Waals surface area contributed by atoms with Gasteiger partial charge in [0.15, 0.2) is 0 Å². The number of allylic oxidation sites excluding steroid dienone is 4. The SMILES string of the molecule is C1=C[C@@H]2[C@@H](C=C1)[C@@H]1C[C@H]3CCC[C@H]2[C@H]31. The number of fused-ring (bicyclic) bond motifs is 3. The Kier molecular flexibility index (Phi) is 1.40. The fourth-order valence-corrected chi connectivity index (χ4v) is 4.96. The molecule has 0 aromatic carbocycles. The van der Waals surface area contributed by atoms with Gasteiger partial charge in [0.05, 0.1) is 0 Å². The standard InChI is InChI=1S/C14H18/c1-2-6-11-10(5-1)12-7-3-4-9-8-13(11)14(9)12/h1-2,5-6,9-14H,3-4,7-8H2/t9-,10-,11-,12-,13+,14+/m1/s1. The summed E-state index contributed by atoms with van der Waals surface area (Å²) in [5.74, 6) is 6.28. The van der Waals surface area contributed by atoms with Crippen LogP contribution in [0.4, 0.5) is 0 Å². The molecule has 4 aliphatic carbocycles. The third-order valence-corrected chi connectivity index (χ3v) is 5.43. The van der Waals surface area contributed by atoms with Crippen molar-refractivity contribution in [1.29, 1.82) is 0 Å². The molecule has 4 aliphatic rings. The molecule has 3 saturated carbocycles. The molecule has 0 saturated heterocycles. The maximum atomic E-state index is 2.51. The smallest absolute Gasteiger partial charge is 0.0133 e. The van der Waals surface area contributed by atoms with Crippen molar-refractivity contribution in [2.75, 3.05) is 0 Å². The van der Waals surface area contributed by atoms with Gasteiger partial charge >= 0.3 is 0 Å². The summed E-state index contributed by atoms with van der Waals surface area (Å²) in [4.78, 5) is 0. The van der Waals surface area contributed by atoms with Gasteiger partial charge in [-0.25, -0.2) is 0 Å². The van der Waals surface area contributed by atoms with Gasteiger partial charge in [-0.3, -0.25) is 0 Å². The summed E-state index contributed by atoms with van der Waals surface area (Å²) in [5.41, 5.74) is 0. The van der Waals surface area contributed by atoms with Crippen LogP contribution in [0, 0.1) is 35.5 Å². The van der Waals surface area contributed by atoms with Crippen molar-refractivity contribution in [3.05, 3.63) is 24.3 Å². The molecule has 0 unspecified atom stereocenters. The molecule has 0 aromatic heterocycles. The first-order chi connectivity index (χ1) is 6.95. The first-order valence-corrected chi connectivity index (χ1v) is 6.30. The molecule has 14 heavy (non-hydrogen) atoms. The Labute approximate surface area is 86.1 Å². The normalized spacial score (nSPS) is 57.7. The Hall–Kier alpha value is -0.520. The molecule has 0 heteroatoms. The fraction of sp³-hybridized carbons (Fsp3) is 0.714. The lowest BCUT2D eigenvalue weighted by molar-refractivity contribution is 0.0186. The molecule has 0 N–H and O–H groups in total. The lowest BCUT2D eigenvalue weighted by Gasteiger charge is -2.47. The van der Waals surface area contributed by atoms with Gasteiger partial charge in [-0.15, -0.1) is 0 Å². The molecular formula is C14H18. The van der Waals surface area contributed by atoms with E-state index in [2.05, 4.69) is 24.3 Å². The first kappa shape index (κ1) is 7.73. The van der Waals surface area contributed by atoms with E-state index in [-0.39, 0.29) is 0 Å². The van der Waals surface area contributed by atoms with Crippen LogP contribution < -0.4 is 0 Å². The summed E-state index contributed by atoms with van der Waals surface area (Å²) in [5, 5.41) is 0. The molecule has 74 valence electrons. The summed E-state index contributed by atoms with van der Waals surface area (Å²) >= 11 is 0. The maximum absolute atomic E-state index is 2.51. The highest BCUT2D eigenvalue weighted by molar-refractivity contribution is 5.23. The van der Waals surface area contributed by atoms with Gasteiger partial charge in [-0.05, 0) is 48.3 Å². The zero-order valence-corrected chi connectivity index (χ0v) is 8.60. The summed E-state index contributed by atoms with van der Waals surface area (Å²) < 4.78 is 0. The van der Waals surface area contributed by atoms with Crippen LogP contribution in [-0.4, -0.2) is 0 Å². The minimum atomic E-state index is 0.931. The van der Waals surface area contributed by atoms with E-state index in [1.54, 1.807) is 12.8 Å². The van der Waals surface area contributed by atoms with E-state index in [0.717, 1.165) is 35.5 Å². The van der Waals surface area contributed by atoms with Gasteiger partial charge < -0.3 is 0 Å². The number of rotatable bonds is 0. The molecular weight excluding hydrogens is 168 g/mol. The van der Waals surface area contributed by atoms with Crippen LogP contribution >= 0.6 is 0 Å². The van der Waals surface area contributed by atoms with Crippen molar-refractivity contribution in [2.24, 2.45) is 35.5 Å². The molecule has 0 nitrogen and oxygen atoms in total. The Bertz CT molecular complexity index is 312. The largest absolute Gasteiger partial charge is 0.0805 e. The van der Waals surface area contributed by atoms with Gasteiger partial charge in [0.1, 0.15) is 0 Å². The Morgan fingerprint density at radius 1 is 0.857 bits per heavy atom. The van der Waals surface area contributed by atoms with Gasteiger partial charge in [-0.1, -0.05) is 37.1 Å². The highest BCUT2D eigenvalue weighted by Crippen LogP contribution is 2.65. The second-order valence-corrected chi connectivity index (χ2v) is 5.76. The van der Waals surface area contributed by atoms with Crippen molar-refractivity contribution < 1.29 is 0 Å². The van der Waals surface area contributed by atoms with Crippen molar-refractivity contribution >= 4 is 0 Å². The van der Waals surface area contributed by atoms with Crippen LogP contribution in [0.3, 0.4) is 0 Å². The highest BCUT2D eigenvalue weighted by atomic mass is 14.6. The second kappa shape index (κ2) is 2.53. The average molecular weight is 186 g/mol. The van der Waals surface area contributed by atoms with Crippen LogP contribution in [-0.2, 0) is 0 Å². The predicted octanol–water partition coefficient (Wildman–Crippen LogP) is 3.41. The summed E-state index contributed by atoms with van der Waals surface area (Å²) in [6.45, 7) is 0. The predicted molar refractivity (Wildman–Crippen MR) is 57.7 cm³/mol. The minimum absolute atomic E-state index is 0.931. The quantitative estimate of drug-likeness (QED) is 0.544. The van der Waals surface area contributed by atoms with Crippen LogP contribution in [0.15, 0.2) is 24.3 Å². The Balaban J connectivity index is 1.74. The molecule has 0 spiro atoms. The van der Waals surface area contributed by atoms with E-state index >= 15 is 0 Å². The van der Waals surface area contributed by atoms with E-state index in [1.165, 1.54) is 12.8 Å². The van der Waals surface area contributed by atoms with Crippen molar-refractivity contribution in [2.45, 2.75) is 25.7 Å². The molecule has 0 bridgehead atoms. The van der Waals surface area contributed by atoms with E-state index in [9.17, 15) is 0 Å². The number of hydrogen-bond donors (Lipinski definition) is 0. The van der Waals surface area contributed by atoms with E-state index < -0.39 is 0 Å². The van der Waals surface area contributed by atoms with Crippen LogP contribution in [0.1, 0.15) is 25.7 Å². The van der Waals surface area contributed by atoms with Crippen LogP contribution in [0.2, 0.25) is 0 Å². The molecule has 0 amide bonds. The van der Waals surface area contributed by atoms with Gasteiger partial charge in [-0.2, -0.15) is 0 Å². The Morgan fingerprint density at radius 2 is 1.64 bits per heavy atom. The monoisotopic (exact) mass is 186 g/mol. The molecule has 6 atom stereocenters. The molecule has 3 fully saturated rings. The van der Waals surface area contributed by atoms with Crippen molar-refractivity contribution in [3.63, 3.8) is 0 Å². The fourth-order valence-electron chi connectivity index (χ4n) is 4.96. The zero-order valence-electron chi connectivity index (χ0n) is 8.60. The summed E-state index contributed by atoms with van der Waals surface area (Å²) in [7, 11) is 0. The molecule has 0 aromatic rings. The molecule has 0 radical (unpaired) electrons. The van der Waals surface area contributed by atoms with E-state index in [4.69, 9.17) is 0 Å². The van der Waals surface area contributed by atoms with Crippen LogP contribution in [0.5, 0.6) is 0 Å². The number of hydrogen-bond acceptors (Lipinski definition) is 0. The topological polar surface area (TPSA) is 0 Å². The van der Waals surface area contributed by atoms with Crippen LogP contribution in [0.25, 0.3) is 0 Å².